The Morgan fingerprint density at radius 2 is 1.62 bits per heavy atom. The molecule has 4 N–H and O–H groups in total. The monoisotopic (exact) mass is 582 g/mol. The Morgan fingerprint density at radius 3 is 2.21 bits per heavy atom. The molecule has 0 aliphatic rings. The van der Waals surface area contributed by atoms with Crippen molar-refractivity contribution >= 4 is 17.7 Å². The maximum absolute atomic E-state index is 13.7. The first-order valence-electron chi connectivity index (χ1n) is 15.0. The van der Waals surface area contributed by atoms with E-state index >= 15 is 0 Å². The molecule has 0 heterocycles. The van der Waals surface area contributed by atoms with Crippen molar-refractivity contribution in [1.29, 1.82) is 0 Å². The average molecular weight is 583 g/mol. The van der Waals surface area contributed by atoms with Crippen LogP contribution in [0.1, 0.15) is 72.4 Å². The van der Waals surface area contributed by atoms with Crippen LogP contribution in [0.15, 0.2) is 48.5 Å². The van der Waals surface area contributed by atoms with E-state index < -0.39 is 24.1 Å². The fourth-order valence-electron chi connectivity index (χ4n) is 4.78. The van der Waals surface area contributed by atoms with E-state index in [1.165, 1.54) is 0 Å². The first-order chi connectivity index (χ1) is 20.1. The van der Waals surface area contributed by atoms with Gasteiger partial charge in [-0.1, -0.05) is 58.0 Å². The summed E-state index contributed by atoms with van der Waals surface area (Å²) in [5.41, 5.74) is 2.46. The SMILES string of the molecule is CCCN(CCC)C(=O)c1cc(C)cc(C(=O)NC(Cc2ccccc2)C(O)C(NCCOC)C(=O)NCC(C)C)c1. The van der Waals surface area contributed by atoms with Crippen LogP contribution >= 0.6 is 0 Å². The number of methoxy groups -OCH3 is 1. The normalized spacial score (nSPS) is 13.3. The highest BCUT2D eigenvalue weighted by atomic mass is 16.5. The van der Waals surface area contributed by atoms with Gasteiger partial charge >= 0.3 is 0 Å². The number of ether oxygens (including phenoxy) is 1. The second-order valence-corrected chi connectivity index (χ2v) is 11.2. The average Bonchev–Trinajstić information content (AvgIpc) is 2.97. The fourth-order valence-corrected chi connectivity index (χ4v) is 4.78. The van der Waals surface area contributed by atoms with Crippen LogP contribution in [0.5, 0.6) is 0 Å². The van der Waals surface area contributed by atoms with Crippen LogP contribution in [0.25, 0.3) is 0 Å². The summed E-state index contributed by atoms with van der Waals surface area (Å²) < 4.78 is 5.14. The molecule has 2 rings (SSSR count). The number of amides is 3. The minimum atomic E-state index is -1.26. The molecule has 3 atom stereocenters. The van der Waals surface area contributed by atoms with Crippen LogP contribution in [0.2, 0.25) is 0 Å². The molecule has 2 aromatic rings. The van der Waals surface area contributed by atoms with Gasteiger partial charge in [0.1, 0.15) is 6.04 Å². The number of benzene rings is 2. The number of aliphatic hydroxyl groups is 1. The number of hydrogen-bond donors (Lipinski definition) is 4. The molecule has 232 valence electrons. The zero-order chi connectivity index (χ0) is 31.1. The minimum Gasteiger partial charge on any atom is -0.389 e. The quantitative estimate of drug-likeness (QED) is 0.200. The number of nitrogens with one attached hydrogen (secondary N) is 3. The lowest BCUT2D eigenvalue weighted by Crippen LogP contribution is -2.60. The lowest BCUT2D eigenvalue weighted by molar-refractivity contribution is -0.126. The Morgan fingerprint density at radius 1 is 0.976 bits per heavy atom. The molecule has 0 aromatic heterocycles. The molecule has 0 spiro atoms. The van der Waals surface area contributed by atoms with Gasteiger partial charge in [-0.25, -0.2) is 0 Å². The number of nitrogens with zero attached hydrogens (tertiary/aromatic N) is 1. The predicted molar refractivity (Wildman–Crippen MR) is 167 cm³/mol. The van der Waals surface area contributed by atoms with Crippen molar-refractivity contribution in [2.75, 3.05) is 39.9 Å². The van der Waals surface area contributed by atoms with Gasteiger partial charge in [0.15, 0.2) is 0 Å². The minimum absolute atomic E-state index is 0.110. The summed E-state index contributed by atoms with van der Waals surface area (Å²) in [7, 11) is 1.56. The van der Waals surface area contributed by atoms with Crippen LogP contribution in [-0.2, 0) is 16.0 Å². The molecule has 0 bridgehead atoms. The van der Waals surface area contributed by atoms with Crippen LogP contribution in [0, 0.1) is 12.8 Å². The van der Waals surface area contributed by atoms with E-state index in [2.05, 4.69) is 16.0 Å². The molecule has 2 aromatic carbocycles. The highest BCUT2D eigenvalue weighted by Crippen LogP contribution is 2.16. The number of hydrogen-bond acceptors (Lipinski definition) is 6. The third-order valence-electron chi connectivity index (χ3n) is 6.87. The van der Waals surface area contributed by atoms with Crippen molar-refractivity contribution in [2.24, 2.45) is 5.92 Å². The predicted octanol–water partition coefficient (Wildman–Crippen LogP) is 3.34. The summed E-state index contributed by atoms with van der Waals surface area (Å²) >= 11 is 0. The number of carbonyl (C=O) groups excluding carboxylic acids is 3. The van der Waals surface area contributed by atoms with Gasteiger partial charge < -0.3 is 30.7 Å². The standard InChI is InChI=1S/C33H50N4O5/c1-7-15-37(16-8-2)33(41)27-19-24(5)18-26(21-27)31(39)36-28(20-25-12-10-9-11-13-25)30(38)29(34-14-17-42-6)32(40)35-22-23(3)4/h9-13,18-19,21,23,28-30,34,38H,7-8,14-17,20,22H2,1-6H3,(H,35,40)(H,36,39). The maximum atomic E-state index is 13.7. The molecule has 0 aliphatic carbocycles. The van der Waals surface area contributed by atoms with E-state index in [-0.39, 0.29) is 17.7 Å². The molecule has 3 amide bonds. The lowest BCUT2D eigenvalue weighted by Gasteiger charge is -2.31. The first kappa shape index (κ1) is 34.9. The molecule has 0 fully saturated rings. The van der Waals surface area contributed by atoms with Gasteiger partial charge in [0.25, 0.3) is 11.8 Å². The third-order valence-corrected chi connectivity index (χ3v) is 6.87. The van der Waals surface area contributed by atoms with Crippen LogP contribution in [0.3, 0.4) is 0 Å². The van der Waals surface area contributed by atoms with E-state index in [0.717, 1.165) is 24.0 Å². The van der Waals surface area contributed by atoms with Crippen molar-refractivity contribution in [3.05, 3.63) is 70.8 Å². The molecule has 3 unspecified atom stereocenters. The molecule has 0 aliphatic heterocycles. The van der Waals surface area contributed by atoms with Gasteiger partial charge in [0.05, 0.1) is 18.8 Å². The second-order valence-electron chi connectivity index (χ2n) is 11.2. The molecule has 9 heteroatoms. The summed E-state index contributed by atoms with van der Waals surface area (Å²) in [5, 5.41) is 20.6. The molecule has 0 radical (unpaired) electrons. The Balaban J connectivity index is 2.39. The molecule has 9 nitrogen and oxygen atoms in total. The number of carbonyl (C=O) groups is 3. The fraction of sp³-hybridized carbons (Fsp3) is 0.545. The molecular formula is C33H50N4O5. The van der Waals surface area contributed by atoms with Crippen LogP contribution in [0.4, 0.5) is 0 Å². The highest BCUT2D eigenvalue weighted by molar-refractivity contribution is 6.00. The van der Waals surface area contributed by atoms with E-state index in [9.17, 15) is 19.5 Å². The van der Waals surface area contributed by atoms with E-state index in [1.807, 2.05) is 69.9 Å². The van der Waals surface area contributed by atoms with E-state index in [0.29, 0.717) is 50.3 Å². The maximum Gasteiger partial charge on any atom is 0.253 e. The van der Waals surface area contributed by atoms with Crippen LogP contribution < -0.4 is 16.0 Å². The second kappa shape index (κ2) is 18.3. The Kier molecular flexibility index (Phi) is 15.2. The highest BCUT2D eigenvalue weighted by Gasteiger charge is 2.34. The smallest absolute Gasteiger partial charge is 0.253 e. The van der Waals surface area contributed by atoms with E-state index in [4.69, 9.17) is 4.74 Å². The van der Waals surface area contributed by atoms with Crippen LogP contribution in [-0.4, -0.2) is 85.8 Å². The van der Waals surface area contributed by atoms with Crippen molar-refractivity contribution < 1.29 is 24.2 Å². The third kappa shape index (κ3) is 11.2. The van der Waals surface area contributed by atoms with Gasteiger partial charge in [-0.05, 0) is 61.4 Å². The Bertz CT molecular complexity index is 1120. The molecule has 42 heavy (non-hydrogen) atoms. The Hall–Kier alpha value is -3.27. The van der Waals surface area contributed by atoms with Gasteiger partial charge in [-0.3, -0.25) is 14.4 Å². The largest absolute Gasteiger partial charge is 0.389 e. The zero-order valence-electron chi connectivity index (χ0n) is 26.1. The first-order valence-corrected chi connectivity index (χ1v) is 15.0. The Labute approximate surface area is 251 Å². The molecule has 0 saturated heterocycles. The van der Waals surface area contributed by atoms with Crippen molar-refractivity contribution in [2.45, 2.75) is 72.1 Å². The molecule has 0 saturated carbocycles. The summed E-state index contributed by atoms with van der Waals surface area (Å²) in [5.74, 6) is -0.658. The summed E-state index contributed by atoms with van der Waals surface area (Å²) in [6.45, 7) is 12.3. The van der Waals surface area contributed by atoms with Gasteiger partial charge in [0, 0.05) is 44.4 Å². The lowest BCUT2D eigenvalue weighted by atomic mass is 9.94. The topological polar surface area (TPSA) is 120 Å². The summed E-state index contributed by atoms with van der Waals surface area (Å²) in [6, 6.07) is 12.8. The zero-order valence-corrected chi connectivity index (χ0v) is 26.1. The van der Waals surface area contributed by atoms with Gasteiger partial charge in [0.2, 0.25) is 5.91 Å². The van der Waals surface area contributed by atoms with Gasteiger partial charge in [-0.2, -0.15) is 0 Å². The summed E-state index contributed by atoms with van der Waals surface area (Å²) in [6.07, 6.45) is 0.725. The number of aliphatic hydroxyl groups excluding tert-OH is 1. The number of aryl methyl sites for hydroxylation is 1. The van der Waals surface area contributed by atoms with Gasteiger partial charge in [-0.15, -0.1) is 0 Å². The molecular weight excluding hydrogens is 532 g/mol. The van der Waals surface area contributed by atoms with Crippen molar-refractivity contribution in [3.63, 3.8) is 0 Å². The number of rotatable bonds is 18. The van der Waals surface area contributed by atoms with Crippen molar-refractivity contribution in [3.8, 4) is 0 Å². The van der Waals surface area contributed by atoms with Crippen molar-refractivity contribution in [1.82, 2.24) is 20.9 Å². The summed E-state index contributed by atoms with van der Waals surface area (Å²) in [4.78, 5) is 42.0. The van der Waals surface area contributed by atoms with E-state index in [1.54, 1.807) is 25.3 Å².